The standard InChI is InChI=1S/C13H12FNO/c1-2-16-12-8-5-6-10(13(12)14)11-7-3-4-9-15-11/h3-9H,2H2,1H3. The number of hydrogen-bond acceptors (Lipinski definition) is 2. The van der Waals surface area contributed by atoms with Crippen LogP contribution < -0.4 is 4.74 Å². The molecule has 0 fully saturated rings. The van der Waals surface area contributed by atoms with Gasteiger partial charge in [0.15, 0.2) is 11.6 Å². The van der Waals surface area contributed by atoms with E-state index in [0.29, 0.717) is 17.9 Å². The Morgan fingerprint density at radius 1 is 1.19 bits per heavy atom. The quantitative estimate of drug-likeness (QED) is 0.787. The van der Waals surface area contributed by atoms with Gasteiger partial charge < -0.3 is 4.74 Å². The maximum absolute atomic E-state index is 14.0. The third-order valence-corrected chi connectivity index (χ3v) is 2.20. The zero-order valence-corrected chi connectivity index (χ0v) is 8.98. The molecule has 0 saturated heterocycles. The molecule has 2 rings (SSSR count). The van der Waals surface area contributed by atoms with Crippen LogP contribution in [0.3, 0.4) is 0 Å². The maximum Gasteiger partial charge on any atom is 0.174 e. The van der Waals surface area contributed by atoms with Crippen molar-refractivity contribution in [2.24, 2.45) is 0 Å². The lowest BCUT2D eigenvalue weighted by atomic mass is 10.1. The Balaban J connectivity index is 2.46. The summed E-state index contributed by atoms with van der Waals surface area (Å²) in [4.78, 5) is 4.12. The van der Waals surface area contributed by atoms with Crippen LogP contribution in [0.1, 0.15) is 6.92 Å². The molecular weight excluding hydrogens is 205 g/mol. The average molecular weight is 217 g/mol. The van der Waals surface area contributed by atoms with E-state index in [1.165, 1.54) is 0 Å². The van der Waals surface area contributed by atoms with Crippen LogP contribution in [0.25, 0.3) is 11.3 Å². The topological polar surface area (TPSA) is 22.1 Å². The van der Waals surface area contributed by atoms with Crippen molar-refractivity contribution < 1.29 is 9.13 Å². The largest absolute Gasteiger partial charge is 0.491 e. The highest BCUT2D eigenvalue weighted by atomic mass is 19.1. The molecule has 0 aliphatic heterocycles. The number of rotatable bonds is 3. The predicted molar refractivity (Wildman–Crippen MR) is 60.8 cm³/mol. The molecule has 2 aromatic rings. The van der Waals surface area contributed by atoms with Gasteiger partial charge in [-0.2, -0.15) is 0 Å². The summed E-state index contributed by atoms with van der Waals surface area (Å²) in [5, 5.41) is 0. The van der Waals surface area contributed by atoms with E-state index < -0.39 is 0 Å². The van der Waals surface area contributed by atoms with Gasteiger partial charge in [-0.3, -0.25) is 4.98 Å². The van der Waals surface area contributed by atoms with Gasteiger partial charge in [-0.1, -0.05) is 12.1 Å². The molecule has 0 aliphatic rings. The van der Waals surface area contributed by atoms with Crippen LogP contribution in [-0.2, 0) is 0 Å². The predicted octanol–water partition coefficient (Wildman–Crippen LogP) is 3.29. The summed E-state index contributed by atoms with van der Waals surface area (Å²) < 4.78 is 19.2. The van der Waals surface area contributed by atoms with Crippen LogP contribution in [0.4, 0.5) is 4.39 Å². The molecule has 0 aliphatic carbocycles. The third-order valence-electron chi connectivity index (χ3n) is 2.20. The molecular formula is C13H12FNO. The number of halogens is 1. The molecule has 0 N–H and O–H groups in total. The van der Waals surface area contributed by atoms with Crippen molar-refractivity contribution in [2.75, 3.05) is 6.61 Å². The number of nitrogens with zero attached hydrogens (tertiary/aromatic N) is 1. The first-order valence-electron chi connectivity index (χ1n) is 5.15. The fourth-order valence-corrected chi connectivity index (χ4v) is 1.50. The Morgan fingerprint density at radius 3 is 2.75 bits per heavy atom. The zero-order chi connectivity index (χ0) is 11.4. The van der Waals surface area contributed by atoms with Crippen LogP contribution in [0, 0.1) is 5.82 Å². The van der Waals surface area contributed by atoms with Crippen LogP contribution in [0.15, 0.2) is 42.6 Å². The van der Waals surface area contributed by atoms with Crippen LogP contribution in [0.2, 0.25) is 0 Å². The Kier molecular flexibility index (Phi) is 3.15. The van der Waals surface area contributed by atoms with Crippen LogP contribution >= 0.6 is 0 Å². The molecule has 82 valence electrons. The molecule has 1 aromatic heterocycles. The molecule has 0 radical (unpaired) electrons. The minimum atomic E-state index is -0.358. The molecule has 1 aromatic carbocycles. The van der Waals surface area contributed by atoms with Crippen molar-refractivity contribution in [3.05, 3.63) is 48.4 Å². The van der Waals surface area contributed by atoms with Gasteiger partial charge in [-0.25, -0.2) is 4.39 Å². The molecule has 0 bridgehead atoms. The van der Waals surface area contributed by atoms with E-state index in [0.717, 1.165) is 0 Å². The Bertz CT molecular complexity index is 471. The highest BCUT2D eigenvalue weighted by Crippen LogP contribution is 2.27. The van der Waals surface area contributed by atoms with Crippen LogP contribution in [0.5, 0.6) is 5.75 Å². The Hall–Kier alpha value is -1.90. The molecule has 2 nitrogen and oxygen atoms in total. The summed E-state index contributed by atoms with van der Waals surface area (Å²) in [7, 11) is 0. The van der Waals surface area contributed by atoms with Crippen molar-refractivity contribution >= 4 is 0 Å². The van der Waals surface area contributed by atoms with Crippen molar-refractivity contribution in [3.63, 3.8) is 0 Å². The smallest absolute Gasteiger partial charge is 0.174 e. The van der Waals surface area contributed by atoms with Gasteiger partial charge >= 0.3 is 0 Å². The van der Waals surface area contributed by atoms with E-state index in [4.69, 9.17) is 4.74 Å². The summed E-state index contributed by atoms with van der Waals surface area (Å²) in [6.07, 6.45) is 1.64. The molecule has 0 saturated carbocycles. The van der Waals surface area contributed by atoms with E-state index >= 15 is 0 Å². The van der Waals surface area contributed by atoms with E-state index in [-0.39, 0.29) is 11.6 Å². The lowest BCUT2D eigenvalue weighted by molar-refractivity contribution is 0.322. The van der Waals surface area contributed by atoms with Gasteiger partial charge in [0.2, 0.25) is 0 Å². The summed E-state index contributed by atoms with van der Waals surface area (Å²) in [5.41, 5.74) is 1.08. The number of ether oxygens (including phenoxy) is 1. The second-order valence-corrected chi connectivity index (χ2v) is 3.27. The van der Waals surface area contributed by atoms with Gasteiger partial charge in [0.1, 0.15) is 0 Å². The molecule has 16 heavy (non-hydrogen) atoms. The number of hydrogen-bond donors (Lipinski definition) is 0. The monoisotopic (exact) mass is 217 g/mol. The summed E-state index contributed by atoms with van der Waals surface area (Å²) in [6, 6.07) is 10.5. The first kappa shape index (κ1) is 10.6. The van der Waals surface area contributed by atoms with Gasteiger partial charge in [0.05, 0.1) is 12.3 Å². The van der Waals surface area contributed by atoms with Gasteiger partial charge in [0, 0.05) is 11.8 Å². The van der Waals surface area contributed by atoms with Crippen molar-refractivity contribution in [3.8, 4) is 17.0 Å². The minimum Gasteiger partial charge on any atom is -0.491 e. The van der Waals surface area contributed by atoms with Gasteiger partial charge in [0.25, 0.3) is 0 Å². The first-order chi connectivity index (χ1) is 7.83. The number of benzene rings is 1. The fourth-order valence-electron chi connectivity index (χ4n) is 1.50. The van der Waals surface area contributed by atoms with Crippen molar-refractivity contribution in [1.82, 2.24) is 4.98 Å². The minimum absolute atomic E-state index is 0.269. The normalized spacial score (nSPS) is 10.1. The molecule has 0 unspecified atom stereocenters. The second-order valence-electron chi connectivity index (χ2n) is 3.27. The molecule has 0 atom stereocenters. The lowest BCUT2D eigenvalue weighted by Crippen LogP contribution is -1.96. The highest BCUT2D eigenvalue weighted by Gasteiger charge is 2.10. The molecule has 3 heteroatoms. The summed E-state index contributed by atoms with van der Waals surface area (Å²) in [5.74, 6) is -0.0892. The zero-order valence-electron chi connectivity index (χ0n) is 8.98. The number of aromatic nitrogens is 1. The highest BCUT2D eigenvalue weighted by molar-refractivity contribution is 5.62. The van der Waals surface area contributed by atoms with E-state index in [1.54, 1.807) is 36.5 Å². The second kappa shape index (κ2) is 4.75. The number of pyridine rings is 1. The van der Waals surface area contributed by atoms with E-state index in [1.807, 2.05) is 13.0 Å². The van der Waals surface area contributed by atoms with Gasteiger partial charge in [-0.05, 0) is 31.2 Å². The first-order valence-corrected chi connectivity index (χ1v) is 5.15. The average Bonchev–Trinajstić information content (AvgIpc) is 2.33. The molecule has 0 amide bonds. The SMILES string of the molecule is CCOc1cccc(-c2ccccn2)c1F. The fraction of sp³-hybridized carbons (Fsp3) is 0.154. The van der Waals surface area contributed by atoms with Gasteiger partial charge in [-0.15, -0.1) is 0 Å². The van der Waals surface area contributed by atoms with Crippen molar-refractivity contribution in [2.45, 2.75) is 6.92 Å². The molecule has 0 spiro atoms. The summed E-state index contributed by atoms with van der Waals surface area (Å²) >= 11 is 0. The Labute approximate surface area is 93.7 Å². The van der Waals surface area contributed by atoms with E-state index in [9.17, 15) is 4.39 Å². The maximum atomic E-state index is 14.0. The lowest BCUT2D eigenvalue weighted by Gasteiger charge is -2.07. The molecule has 1 heterocycles. The summed E-state index contributed by atoms with van der Waals surface area (Å²) in [6.45, 7) is 2.27. The Morgan fingerprint density at radius 2 is 2.06 bits per heavy atom. The third kappa shape index (κ3) is 2.03. The van der Waals surface area contributed by atoms with Crippen LogP contribution in [-0.4, -0.2) is 11.6 Å². The van der Waals surface area contributed by atoms with E-state index in [2.05, 4.69) is 4.98 Å². The van der Waals surface area contributed by atoms with Crippen molar-refractivity contribution in [1.29, 1.82) is 0 Å².